The van der Waals surface area contributed by atoms with Crippen LogP contribution in [-0.4, -0.2) is 45.9 Å². The van der Waals surface area contributed by atoms with Gasteiger partial charge in [0.15, 0.2) is 0 Å². The Bertz CT molecular complexity index is 831. The number of hydrogen-bond acceptors (Lipinski definition) is 4. The summed E-state index contributed by atoms with van der Waals surface area (Å²) < 4.78 is 31.4. The molecule has 0 heterocycles. The molecule has 0 saturated heterocycles. The number of aryl methyl sites for hydroxylation is 1. The van der Waals surface area contributed by atoms with Crippen molar-refractivity contribution in [3.63, 3.8) is 0 Å². The molecule has 0 unspecified atom stereocenters. The average Bonchev–Trinajstić information content (AvgIpc) is 2.62. The van der Waals surface area contributed by atoms with Crippen LogP contribution in [0.5, 0.6) is 0 Å². The molecule has 0 fully saturated rings. The van der Waals surface area contributed by atoms with E-state index in [1.54, 1.807) is 62.7 Å². The Morgan fingerprint density at radius 3 is 2.27 bits per heavy atom. The Balaban J connectivity index is 2.03. The summed E-state index contributed by atoms with van der Waals surface area (Å²) in [7, 11) is -0.441. The maximum Gasteiger partial charge on any atom is 0.251 e. The van der Waals surface area contributed by atoms with Crippen LogP contribution in [-0.2, 0) is 21.3 Å². The first-order valence-corrected chi connectivity index (χ1v) is 9.67. The van der Waals surface area contributed by atoms with Crippen molar-refractivity contribution >= 4 is 15.9 Å². The van der Waals surface area contributed by atoms with Gasteiger partial charge in [-0.25, -0.2) is 8.42 Å². The molecule has 0 spiro atoms. The van der Waals surface area contributed by atoms with Gasteiger partial charge in [-0.15, -0.1) is 0 Å². The average molecular weight is 376 g/mol. The lowest BCUT2D eigenvalue weighted by molar-refractivity contribution is 0.0937. The van der Waals surface area contributed by atoms with Crippen molar-refractivity contribution in [2.24, 2.45) is 0 Å². The van der Waals surface area contributed by atoms with Gasteiger partial charge in [0, 0.05) is 32.8 Å². The number of nitrogens with zero attached hydrogens (tertiary/aromatic N) is 1. The zero-order chi connectivity index (χ0) is 19.2. The molecule has 2 aromatic carbocycles. The molecule has 26 heavy (non-hydrogen) atoms. The van der Waals surface area contributed by atoms with Crippen LogP contribution in [0.1, 0.15) is 21.5 Å². The number of benzene rings is 2. The van der Waals surface area contributed by atoms with Crippen LogP contribution in [0.25, 0.3) is 0 Å². The van der Waals surface area contributed by atoms with Gasteiger partial charge in [0.1, 0.15) is 0 Å². The monoisotopic (exact) mass is 376 g/mol. The third kappa shape index (κ3) is 5.14. The van der Waals surface area contributed by atoms with Gasteiger partial charge in [-0.3, -0.25) is 4.79 Å². The summed E-state index contributed by atoms with van der Waals surface area (Å²) >= 11 is 0. The molecule has 1 N–H and O–H groups in total. The van der Waals surface area contributed by atoms with E-state index in [2.05, 4.69) is 5.32 Å². The van der Waals surface area contributed by atoms with E-state index < -0.39 is 10.0 Å². The van der Waals surface area contributed by atoms with Crippen LogP contribution in [0.3, 0.4) is 0 Å². The fraction of sp³-hybridized carbons (Fsp3) is 0.316. The molecule has 7 heteroatoms. The van der Waals surface area contributed by atoms with Crippen LogP contribution in [0, 0.1) is 6.92 Å². The molecule has 0 aliphatic carbocycles. The smallest absolute Gasteiger partial charge is 0.251 e. The fourth-order valence-corrected chi connectivity index (χ4v) is 3.52. The van der Waals surface area contributed by atoms with E-state index in [9.17, 15) is 13.2 Å². The minimum atomic E-state index is -3.56. The van der Waals surface area contributed by atoms with Crippen LogP contribution in [0.15, 0.2) is 53.4 Å². The number of hydrogen-bond donors (Lipinski definition) is 1. The van der Waals surface area contributed by atoms with Gasteiger partial charge in [-0.2, -0.15) is 4.31 Å². The summed E-state index contributed by atoms with van der Waals surface area (Å²) in [6.07, 6.45) is 0. The molecule has 1 amide bonds. The van der Waals surface area contributed by atoms with Gasteiger partial charge in [0.2, 0.25) is 10.0 Å². The number of ether oxygens (including phenoxy) is 1. The van der Waals surface area contributed by atoms with E-state index in [1.165, 1.54) is 4.31 Å². The van der Waals surface area contributed by atoms with Crippen molar-refractivity contribution < 1.29 is 17.9 Å². The maximum atomic E-state index is 12.6. The van der Waals surface area contributed by atoms with E-state index >= 15 is 0 Å². The third-order valence-corrected chi connectivity index (χ3v) is 5.76. The maximum absolute atomic E-state index is 12.6. The quantitative estimate of drug-likeness (QED) is 0.717. The molecule has 0 aromatic heterocycles. The number of methoxy groups -OCH3 is 1. The predicted molar refractivity (Wildman–Crippen MR) is 100 cm³/mol. The molecular weight excluding hydrogens is 352 g/mol. The molecule has 0 atom stereocenters. The molecular formula is C19H24N2O4S. The van der Waals surface area contributed by atoms with Gasteiger partial charge < -0.3 is 10.1 Å². The SMILES string of the molecule is COCCNC(=O)c1ccc(CN(C)S(=O)(=O)c2ccc(C)cc2)cc1. The highest BCUT2D eigenvalue weighted by molar-refractivity contribution is 7.89. The van der Waals surface area contributed by atoms with Crippen molar-refractivity contribution in [1.82, 2.24) is 9.62 Å². The first-order valence-electron chi connectivity index (χ1n) is 8.23. The number of carbonyl (C=O) groups excluding carboxylic acids is 1. The first kappa shape index (κ1) is 20.1. The van der Waals surface area contributed by atoms with E-state index in [0.717, 1.165) is 11.1 Å². The van der Waals surface area contributed by atoms with Crippen molar-refractivity contribution in [1.29, 1.82) is 0 Å². The van der Waals surface area contributed by atoms with Crippen molar-refractivity contribution in [3.05, 3.63) is 65.2 Å². The van der Waals surface area contributed by atoms with E-state index in [1.807, 2.05) is 6.92 Å². The van der Waals surface area contributed by atoms with Crippen LogP contribution < -0.4 is 5.32 Å². The Kier molecular flexibility index (Phi) is 6.90. The summed E-state index contributed by atoms with van der Waals surface area (Å²) in [6, 6.07) is 13.6. The van der Waals surface area contributed by atoms with E-state index in [-0.39, 0.29) is 17.3 Å². The highest BCUT2D eigenvalue weighted by atomic mass is 32.2. The summed E-state index contributed by atoms with van der Waals surface area (Å²) in [5.74, 6) is -0.186. The van der Waals surface area contributed by atoms with Gasteiger partial charge in [0.25, 0.3) is 5.91 Å². The standard InChI is InChI=1S/C19H24N2O4S/c1-15-4-10-18(11-5-15)26(23,24)21(2)14-16-6-8-17(9-7-16)19(22)20-12-13-25-3/h4-11H,12-14H2,1-3H3,(H,20,22). The largest absolute Gasteiger partial charge is 0.383 e. The second-order valence-electron chi connectivity index (χ2n) is 6.02. The second-order valence-corrected chi connectivity index (χ2v) is 8.06. The number of sulfonamides is 1. The number of nitrogens with one attached hydrogen (secondary N) is 1. The summed E-state index contributed by atoms with van der Waals surface area (Å²) in [5.41, 5.74) is 2.33. The third-order valence-electron chi connectivity index (χ3n) is 3.94. The van der Waals surface area contributed by atoms with Crippen molar-refractivity contribution in [2.75, 3.05) is 27.3 Å². The van der Waals surface area contributed by atoms with E-state index in [4.69, 9.17) is 4.74 Å². The zero-order valence-corrected chi connectivity index (χ0v) is 16.0. The molecule has 0 radical (unpaired) electrons. The minimum absolute atomic E-state index is 0.186. The van der Waals surface area contributed by atoms with E-state index in [0.29, 0.717) is 18.7 Å². The Hall–Kier alpha value is -2.22. The summed E-state index contributed by atoms with van der Waals surface area (Å²) in [5, 5.41) is 2.74. The molecule has 2 aromatic rings. The molecule has 6 nitrogen and oxygen atoms in total. The zero-order valence-electron chi connectivity index (χ0n) is 15.2. The lowest BCUT2D eigenvalue weighted by Gasteiger charge is -2.17. The summed E-state index contributed by atoms with van der Waals surface area (Å²) in [4.78, 5) is 12.2. The molecule has 0 aliphatic rings. The number of carbonyl (C=O) groups is 1. The Labute approximate surface area is 154 Å². The number of amides is 1. The molecule has 0 saturated carbocycles. The van der Waals surface area contributed by atoms with Crippen LogP contribution >= 0.6 is 0 Å². The summed E-state index contributed by atoms with van der Waals surface area (Å²) in [6.45, 7) is 3.02. The van der Waals surface area contributed by atoms with Crippen molar-refractivity contribution in [2.45, 2.75) is 18.4 Å². The molecule has 2 rings (SSSR count). The van der Waals surface area contributed by atoms with Gasteiger partial charge in [-0.1, -0.05) is 29.8 Å². The fourth-order valence-electron chi connectivity index (χ4n) is 2.36. The Morgan fingerprint density at radius 1 is 1.08 bits per heavy atom. The molecule has 0 bridgehead atoms. The molecule has 0 aliphatic heterocycles. The Morgan fingerprint density at radius 2 is 1.69 bits per heavy atom. The predicted octanol–water partition coefficient (Wildman–Crippen LogP) is 2.19. The van der Waals surface area contributed by atoms with Gasteiger partial charge in [0.05, 0.1) is 11.5 Å². The normalized spacial score (nSPS) is 11.5. The highest BCUT2D eigenvalue weighted by Gasteiger charge is 2.20. The van der Waals surface area contributed by atoms with Crippen LogP contribution in [0.4, 0.5) is 0 Å². The lowest BCUT2D eigenvalue weighted by atomic mass is 10.1. The topological polar surface area (TPSA) is 75.7 Å². The molecule has 140 valence electrons. The van der Waals surface area contributed by atoms with Gasteiger partial charge >= 0.3 is 0 Å². The lowest BCUT2D eigenvalue weighted by Crippen LogP contribution is -2.27. The highest BCUT2D eigenvalue weighted by Crippen LogP contribution is 2.17. The van der Waals surface area contributed by atoms with Crippen LogP contribution in [0.2, 0.25) is 0 Å². The first-order chi connectivity index (χ1) is 12.3. The minimum Gasteiger partial charge on any atom is -0.383 e. The van der Waals surface area contributed by atoms with Gasteiger partial charge in [-0.05, 0) is 36.8 Å². The number of rotatable bonds is 8. The second kappa shape index (κ2) is 8.93. The van der Waals surface area contributed by atoms with Crippen molar-refractivity contribution in [3.8, 4) is 0 Å².